The maximum Gasteiger partial charge on any atom is 0.373 e. The Morgan fingerprint density at radius 3 is 2.62 bits per heavy atom. The van der Waals surface area contributed by atoms with Crippen LogP contribution in [-0.2, 0) is 11.3 Å². The summed E-state index contributed by atoms with van der Waals surface area (Å²) in [7, 11) is 3.45. The monoisotopic (exact) mass is 293 g/mol. The van der Waals surface area contributed by atoms with E-state index in [-0.39, 0.29) is 11.9 Å². The lowest BCUT2D eigenvalue weighted by Crippen LogP contribution is -2.29. The second-order valence-corrected chi connectivity index (χ2v) is 6.44. The number of methoxy groups -OCH3 is 1. The van der Waals surface area contributed by atoms with Crippen LogP contribution in [0.2, 0.25) is 0 Å². The zero-order valence-electron chi connectivity index (χ0n) is 12.6. The summed E-state index contributed by atoms with van der Waals surface area (Å²) in [6.07, 6.45) is 4.15. The van der Waals surface area contributed by atoms with Crippen molar-refractivity contribution >= 4 is 5.97 Å². The average Bonchev–Trinajstić information content (AvgIpc) is 3.11. The number of carbonyl (C=O) groups is 1. The normalized spacial score (nSPS) is 31.6. The zero-order chi connectivity index (χ0) is 15.0. The average molecular weight is 293 g/mol. The Balaban J connectivity index is 1.56. The number of rotatable bonds is 4. The first kappa shape index (κ1) is 14.6. The minimum absolute atomic E-state index is 0.0843. The smallest absolute Gasteiger partial charge is 0.373 e. The van der Waals surface area contributed by atoms with Crippen molar-refractivity contribution in [3.63, 3.8) is 0 Å². The van der Waals surface area contributed by atoms with Gasteiger partial charge in [-0.2, -0.15) is 0 Å². The Labute approximate surface area is 124 Å². The number of nitrogens with zero attached hydrogens (tertiary/aromatic N) is 1. The number of carbonyl (C=O) groups excluding carboxylic acids is 1. The number of ether oxygens (including phenoxy) is 1. The van der Waals surface area contributed by atoms with Crippen molar-refractivity contribution in [3.05, 3.63) is 23.7 Å². The van der Waals surface area contributed by atoms with E-state index in [1.54, 1.807) is 6.07 Å². The minimum atomic E-state index is -0.437. The van der Waals surface area contributed by atoms with Crippen molar-refractivity contribution in [2.45, 2.75) is 44.4 Å². The summed E-state index contributed by atoms with van der Waals surface area (Å²) in [6.45, 7) is 0.698. The van der Waals surface area contributed by atoms with Crippen molar-refractivity contribution in [3.8, 4) is 0 Å². The first-order valence-corrected chi connectivity index (χ1v) is 7.62. The molecule has 2 aliphatic carbocycles. The third-order valence-electron chi connectivity index (χ3n) is 5.04. The zero-order valence-corrected chi connectivity index (χ0v) is 12.6. The molecule has 0 spiro atoms. The van der Waals surface area contributed by atoms with Gasteiger partial charge in [0.1, 0.15) is 5.76 Å². The van der Waals surface area contributed by atoms with Crippen LogP contribution >= 0.6 is 0 Å². The molecule has 1 N–H and O–H groups in total. The summed E-state index contributed by atoms with van der Waals surface area (Å²) < 4.78 is 10.2. The molecule has 3 rings (SSSR count). The van der Waals surface area contributed by atoms with Gasteiger partial charge in [-0.15, -0.1) is 0 Å². The third kappa shape index (κ3) is 2.99. The number of fused-ring (bicyclic) bond motifs is 1. The van der Waals surface area contributed by atoms with Gasteiger partial charge in [0, 0.05) is 6.04 Å². The fourth-order valence-corrected chi connectivity index (χ4v) is 3.96. The predicted molar refractivity (Wildman–Crippen MR) is 76.8 cm³/mol. The second-order valence-electron chi connectivity index (χ2n) is 6.44. The number of aliphatic hydroxyl groups excluding tert-OH is 1. The first-order valence-electron chi connectivity index (χ1n) is 7.62. The van der Waals surface area contributed by atoms with Crippen LogP contribution in [0, 0.1) is 11.8 Å². The van der Waals surface area contributed by atoms with Crippen LogP contribution < -0.4 is 0 Å². The fourth-order valence-electron chi connectivity index (χ4n) is 3.96. The lowest BCUT2D eigenvalue weighted by atomic mass is 10.0. The first-order chi connectivity index (χ1) is 10.1. The number of aliphatic hydroxyl groups is 1. The molecule has 0 bridgehead atoms. The van der Waals surface area contributed by atoms with E-state index in [0.29, 0.717) is 24.4 Å². The molecule has 2 aliphatic rings. The van der Waals surface area contributed by atoms with Crippen LogP contribution in [0.3, 0.4) is 0 Å². The van der Waals surface area contributed by atoms with Gasteiger partial charge in [-0.05, 0) is 56.7 Å². The van der Waals surface area contributed by atoms with E-state index in [9.17, 15) is 9.90 Å². The van der Waals surface area contributed by atoms with E-state index < -0.39 is 5.97 Å². The van der Waals surface area contributed by atoms with E-state index in [1.165, 1.54) is 7.11 Å². The molecule has 2 saturated carbocycles. The Morgan fingerprint density at radius 2 is 2.00 bits per heavy atom. The molecule has 0 radical (unpaired) electrons. The molecular formula is C16H23NO4. The molecule has 2 fully saturated rings. The van der Waals surface area contributed by atoms with Gasteiger partial charge in [0.15, 0.2) is 0 Å². The number of hydrogen-bond donors (Lipinski definition) is 1. The molecule has 4 atom stereocenters. The van der Waals surface area contributed by atoms with Crippen LogP contribution in [-0.4, -0.2) is 42.3 Å². The molecule has 0 saturated heterocycles. The third-order valence-corrected chi connectivity index (χ3v) is 5.04. The topological polar surface area (TPSA) is 62.9 Å². The molecule has 0 amide bonds. The fraction of sp³-hybridized carbons (Fsp3) is 0.688. The summed E-state index contributed by atoms with van der Waals surface area (Å²) in [6, 6.07) is 4.04. The lowest BCUT2D eigenvalue weighted by Gasteiger charge is -2.24. The molecule has 1 aromatic heterocycles. The van der Waals surface area contributed by atoms with Gasteiger partial charge < -0.3 is 14.3 Å². The van der Waals surface area contributed by atoms with Gasteiger partial charge in [0.25, 0.3) is 0 Å². The van der Waals surface area contributed by atoms with Gasteiger partial charge in [-0.3, -0.25) is 4.90 Å². The van der Waals surface area contributed by atoms with Crippen molar-refractivity contribution in [1.82, 2.24) is 4.90 Å². The molecule has 1 aromatic rings. The SMILES string of the molecule is COC(=O)c1ccc(CN(C)C2C[C@H]3CC(O)C[C@H]3C2)o1. The molecule has 0 aliphatic heterocycles. The van der Waals surface area contributed by atoms with Gasteiger partial charge in [0.05, 0.1) is 19.8 Å². The predicted octanol–water partition coefficient (Wildman–Crippen LogP) is 2.05. The van der Waals surface area contributed by atoms with Crippen LogP contribution in [0.1, 0.15) is 42.0 Å². The van der Waals surface area contributed by atoms with E-state index >= 15 is 0 Å². The van der Waals surface area contributed by atoms with Crippen LogP contribution in [0.4, 0.5) is 0 Å². The van der Waals surface area contributed by atoms with E-state index in [0.717, 1.165) is 31.4 Å². The summed E-state index contributed by atoms with van der Waals surface area (Å²) >= 11 is 0. The lowest BCUT2D eigenvalue weighted by molar-refractivity contribution is 0.0561. The quantitative estimate of drug-likeness (QED) is 0.861. The van der Waals surface area contributed by atoms with Crippen molar-refractivity contribution in [2.24, 2.45) is 11.8 Å². The largest absolute Gasteiger partial charge is 0.463 e. The molecule has 2 unspecified atom stereocenters. The highest BCUT2D eigenvalue weighted by Crippen LogP contribution is 2.45. The number of hydrogen-bond acceptors (Lipinski definition) is 5. The summed E-state index contributed by atoms with van der Waals surface area (Å²) in [5.74, 6) is 1.96. The molecule has 1 heterocycles. The molecule has 116 valence electrons. The number of esters is 1. The minimum Gasteiger partial charge on any atom is -0.463 e. The Kier molecular flexibility index (Phi) is 4.04. The summed E-state index contributed by atoms with van der Waals surface area (Å²) in [5, 5.41) is 9.70. The molecule has 5 nitrogen and oxygen atoms in total. The maximum absolute atomic E-state index is 11.4. The van der Waals surface area contributed by atoms with Gasteiger partial charge in [-0.25, -0.2) is 4.79 Å². The Morgan fingerprint density at radius 1 is 1.33 bits per heavy atom. The standard InChI is InChI=1S/C16H23NO4/c1-17(9-14-3-4-15(21-14)16(19)20-2)12-5-10-7-13(18)8-11(10)6-12/h3-4,10-13,18H,5-9H2,1-2H3/t10-,11+,12?,13?. The van der Waals surface area contributed by atoms with Crippen molar-refractivity contribution < 1.29 is 19.1 Å². The second kappa shape index (κ2) is 5.81. The molecule has 0 aromatic carbocycles. The van der Waals surface area contributed by atoms with Gasteiger partial charge >= 0.3 is 5.97 Å². The highest BCUT2D eigenvalue weighted by Gasteiger charge is 2.42. The molecular weight excluding hydrogens is 270 g/mol. The summed E-state index contributed by atoms with van der Waals surface area (Å²) in [5.41, 5.74) is 0. The van der Waals surface area contributed by atoms with E-state index in [2.05, 4.69) is 16.7 Å². The van der Waals surface area contributed by atoms with E-state index in [1.807, 2.05) is 6.07 Å². The highest BCUT2D eigenvalue weighted by atomic mass is 16.5. The number of furan rings is 1. The van der Waals surface area contributed by atoms with E-state index in [4.69, 9.17) is 4.42 Å². The summed E-state index contributed by atoms with van der Waals surface area (Å²) in [4.78, 5) is 13.7. The Hall–Kier alpha value is -1.33. The van der Waals surface area contributed by atoms with Gasteiger partial charge in [0.2, 0.25) is 5.76 Å². The van der Waals surface area contributed by atoms with Crippen LogP contribution in [0.25, 0.3) is 0 Å². The van der Waals surface area contributed by atoms with Crippen molar-refractivity contribution in [2.75, 3.05) is 14.2 Å². The van der Waals surface area contributed by atoms with Crippen LogP contribution in [0.5, 0.6) is 0 Å². The van der Waals surface area contributed by atoms with Crippen molar-refractivity contribution in [1.29, 1.82) is 0 Å². The maximum atomic E-state index is 11.4. The van der Waals surface area contributed by atoms with Gasteiger partial charge in [-0.1, -0.05) is 0 Å². The van der Waals surface area contributed by atoms with Crippen LogP contribution in [0.15, 0.2) is 16.5 Å². The molecule has 5 heteroatoms. The Bertz CT molecular complexity index is 498. The molecule has 21 heavy (non-hydrogen) atoms. The highest BCUT2D eigenvalue weighted by molar-refractivity contribution is 5.86.